The molecule has 0 amide bonds. The summed E-state index contributed by atoms with van der Waals surface area (Å²) < 4.78 is 11.3. The summed E-state index contributed by atoms with van der Waals surface area (Å²) in [6, 6.07) is 10.1. The van der Waals surface area contributed by atoms with Crippen molar-refractivity contribution in [1.29, 1.82) is 0 Å². The molecule has 0 bridgehead atoms. The van der Waals surface area contributed by atoms with Crippen LogP contribution in [0.4, 0.5) is 0 Å². The first kappa shape index (κ1) is 12.4. The van der Waals surface area contributed by atoms with Gasteiger partial charge < -0.3 is 15.2 Å². The average molecular weight is 258 g/mol. The fourth-order valence-corrected chi connectivity index (χ4v) is 2.35. The normalized spacial score (nSPS) is 18.9. The number of fused-ring (bicyclic) bond motifs is 1. The van der Waals surface area contributed by atoms with Crippen molar-refractivity contribution in [2.45, 2.75) is 13.0 Å². The molecule has 1 unspecified atom stereocenters. The number of nitrogens with zero attached hydrogens (tertiary/aromatic N) is 1. The lowest BCUT2D eigenvalue weighted by atomic mass is 10.1. The van der Waals surface area contributed by atoms with Crippen LogP contribution in [-0.4, -0.2) is 24.8 Å². The number of pyridine rings is 1. The fraction of sp³-hybridized carbons (Fsp3) is 0.400. The molecule has 0 saturated carbocycles. The Balaban J connectivity index is 1.87. The standard InChI is InChI=1S/C15H18N2O2/c16-8-13-7-12-3-1-2-4-14(12)15(17-13)19-10-11-5-6-18-9-11/h1-4,7,11H,5-6,8-10,16H2. The molecule has 100 valence electrons. The summed E-state index contributed by atoms with van der Waals surface area (Å²) in [7, 11) is 0. The minimum Gasteiger partial charge on any atom is -0.477 e. The van der Waals surface area contributed by atoms with E-state index in [9.17, 15) is 0 Å². The van der Waals surface area contributed by atoms with Crippen LogP contribution in [0.5, 0.6) is 5.88 Å². The van der Waals surface area contributed by atoms with Gasteiger partial charge in [-0.2, -0.15) is 0 Å². The van der Waals surface area contributed by atoms with Crippen LogP contribution < -0.4 is 10.5 Å². The highest BCUT2D eigenvalue weighted by Crippen LogP contribution is 2.25. The van der Waals surface area contributed by atoms with Crippen LogP contribution in [0.2, 0.25) is 0 Å². The Kier molecular flexibility index (Phi) is 3.62. The monoisotopic (exact) mass is 258 g/mol. The highest BCUT2D eigenvalue weighted by atomic mass is 16.5. The zero-order valence-electron chi connectivity index (χ0n) is 10.8. The van der Waals surface area contributed by atoms with E-state index in [-0.39, 0.29) is 0 Å². The number of ether oxygens (including phenoxy) is 2. The SMILES string of the molecule is NCc1cc2ccccc2c(OCC2CCOC2)n1. The van der Waals surface area contributed by atoms with Gasteiger partial charge in [-0.3, -0.25) is 0 Å². The molecule has 19 heavy (non-hydrogen) atoms. The van der Waals surface area contributed by atoms with Crippen molar-refractivity contribution < 1.29 is 9.47 Å². The van der Waals surface area contributed by atoms with E-state index < -0.39 is 0 Å². The van der Waals surface area contributed by atoms with Crippen molar-refractivity contribution >= 4 is 10.8 Å². The molecule has 1 aliphatic rings. The van der Waals surface area contributed by atoms with Crippen molar-refractivity contribution in [2.75, 3.05) is 19.8 Å². The van der Waals surface area contributed by atoms with E-state index in [2.05, 4.69) is 11.1 Å². The number of hydrogen-bond donors (Lipinski definition) is 1. The number of benzene rings is 1. The Bertz CT molecular complexity index is 565. The smallest absolute Gasteiger partial charge is 0.221 e. The quantitative estimate of drug-likeness (QED) is 0.912. The van der Waals surface area contributed by atoms with Crippen LogP contribution in [0.25, 0.3) is 10.8 Å². The van der Waals surface area contributed by atoms with Gasteiger partial charge in [0.1, 0.15) is 0 Å². The van der Waals surface area contributed by atoms with Gasteiger partial charge in [-0.05, 0) is 23.9 Å². The maximum Gasteiger partial charge on any atom is 0.221 e. The summed E-state index contributed by atoms with van der Waals surface area (Å²) >= 11 is 0. The molecule has 2 N–H and O–H groups in total. The van der Waals surface area contributed by atoms with Crippen LogP contribution in [0, 0.1) is 5.92 Å². The second-order valence-corrected chi connectivity index (χ2v) is 4.88. The fourth-order valence-electron chi connectivity index (χ4n) is 2.35. The van der Waals surface area contributed by atoms with Gasteiger partial charge in [0.05, 0.1) is 18.9 Å². The van der Waals surface area contributed by atoms with E-state index in [1.165, 1.54) is 0 Å². The van der Waals surface area contributed by atoms with E-state index in [1.807, 2.05) is 24.3 Å². The topological polar surface area (TPSA) is 57.4 Å². The zero-order chi connectivity index (χ0) is 13.1. The Morgan fingerprint density at radius 3 is 3.05 bits per heavy atom. The summed E-state index contributed by atoms with van der Waals surface area (Å²) in [4.78, 5) is 4.49. The van der Waals surface area contributed by atoms with Gasteiger partial charge in [0, 0.05) is 24.5 Å². The molecule has 2 aromatic rings. The third-order valence-corrected chi connectivity index (χ3v) is 3.45. The Morgan fingerprint density at radius 1 is 1.37 bits per heavy atom. The lowest BCUT2D eigenvalue weighted by molar-refractivity contribution is 0.166. The maximum atomic E-state index is 5.90. The van der Waals surface area contributed by atoms with Gasteiger partial charge in [0.15, 0.2) is 0 Å². The van der Waals surface area contributed by atoms with Gasteiger partial charge in [-0.15, -0.1) is 0 Å². The maximum absolute atomic E-state index is 5.90. The van der Waals surface area contributed by atoms with E-state index in [0.29, 0.717) is 24.9 Å². The van der Waals surface area contributed by atoms with Crippen LogP contribution in [0.3, 0.4) is 0 Å². The lowest BCUT2D eigenvalue weighted by Crippen LogP contribution is -2.13. The molecule has 1 atom stereocenters. The predicted octanol–water partition coefficient (Wildman–Crippen LogP) is 2.11. The Hall–Kier alpha value is -1.65. The minimum absolute atomic E-state index is 0.424. The molecule has 0 radical (unpaired) electrons. The summed E-state index contributed by atoms with van der Waals surface area (Å²) in [5.74, 6) is 1.16. The molecule has 2 heterocycles. The van der Waals surface area contributed by atoms with Crippen LogP contribution in [-0.2, 0) is 11.3 Å². The van der Waals surface area contributed by atoms with Crippen LogP contribution in [0.1, 0.15) is 12.1 Å². The molecule has 4 heteroatoms. The third kappa shape index (κ3) is 2.69. The predicted molar refractivity (Wildman–Crippen MR) is 74.1 cm³/mol. The molecule has 0 spiro atoms. The van der Waals surface area contributed by atoms with E-state index in [0.717, 1.165) is 36.1 Å². The second-order valence-electron chi connectivity index (χ2n) is 4.88. The summed E-state index contributed by atoms with van der Waals surface area (Å²) in [5, 5.41) is 2.16. The molecule has 3 rings (SSSR count). The van der Waals surface area contributed by atoms with Gasteiger partial charge in [0.2, 0.25) is 5.88 Å². The molecule has 1 aromatic heterocycles. The van der Waals surface area contributed by atoms with Crippen molar-refractivity contribution in [3.63, 3.8) is 0 Å². The van der Waals surface area contributed by atoms with Gasteiger partial charge >= 0.3 is 0 Å². The molecule has 4 nitrogen and oxygen atoms in total. The van der Waals surface area contributed by atoms with E-state index in [1.54, 1.807) is 0 Å². The molecule has 0 aliphatic carbocycles. The van der Waals surface area contributed by atoms with Crippen molar-refractivity contribution in [3.8, 4) is 5.88 Å². The molecular formula is C15H18N2O2. The largest absolute Gasteiger partial charge is 0.477 e. The number of hydrogen-bond acceptors (Lipinski definition) is 4. The molecule has 1 aliphatic heterocycles. The highest BCUT2D eigenvalue weighted by molar-refractivity contribution is 5.87. The first-order valence-corrected chi connectivity index (χ1v) is 6.66. The minimum atomic E-state index is 0.424. The summed E-state index contributed by atoms with van der Waals surface area (Å²) in [6.07, 6.45) is 1.06. The van der Waals surface area contributed by atoms with Crippen LogP contribution >= 0.6 is 0 Å². The van der Waals surface area contributed by atoms with Crippen molar-refractivity contribution in [3.05, 3.63) is 36.0 Å². The van der Waals surface area contributed by atoms with Gasteiger partial charge in [0.25, 0.3) is 0 Å². The number of rotatable bonds is 4. The molecular weight excluding hydrogens is 240 g/mol. The van der Waals surface area contributed by atoms with E-state index >= 15 is 0 Å². The summed E-state index contributed by atoms with van der Waals surface area (Å²) in [5.41, 5.74) is 6.55. The van der Waals surface area contributed by atoms with Crippen molar-refractivity contribution in [2.24, 2.45) is 11.7 Å². The average Bonchev–Trinajstić information content (AvgIpc) is 2.97. The molecule has 1 fully saturated rings. The molecule has 1 saturated heterocycles. The van der Waals surface area contributed by atoms with Gasteiger partial charge in [-0.25, -0.2) is 4.98 Å². The highest BCUT2D eigenvalue weighted by Gasteiger charge is 2.17. The third-order valence-electron chi connectivity index (χ3n) is 3.45. The number of nitrogens with two attached hydrogens (primary N) is 1. The summed E-state index contributed by atoms with van der Waals surface area (Å²) in [6.45, 7) is 2.71. The Labute approximate surface area is 112 Å². The molecule has 1 aromatic carbocycles. The lowest BCUT2D eigenvalue weighted by Gasteiger charge is -2.12. The Morgan fingerprint density at radius 2 is 2.26 bits per heavy atom. The first-order valence-electron chi connectivity index (χ1n) is 6.66. The zero-order valence-corrected chi connectivity index (χ0v) is 10.8. The first-order chi connectivity index (χ1) is 9.36. The van der Waals surface area contributed by atoms with Crippen LogP contribution in [0.15, 0.2) is 30.3 Å². The van der Waals surface area contributed by atoms with Gasteiger partial charge in [-0.1, -0.05) is 18.2 Å². The second kappa shape index (κ2) is 5.55. The van der Waals surface area contributed by atoms with Crippen molar-refractivity contribution in [1.82, 2.24) is 4.98 Å². The van der Waals surface area contributed by atoms with E-state index in [4.69, 9.17) is 15.2 Å². The number of aromatic nitrogens is 1.